The fourth-order valence-electron chi connectivity index (χ4n) is 4.13. The Bertz CT molecular complexity index is 828. The molecule has 0 spiro atoms. The van der Waals surface area contributed by atoms with E-state index < -0.39 is 17.7 Å². The van der Waals surface area contributed by atoms with Crippen molar-refractivity contribution in [1.82, 2.24) is 14.8 Å². The molecule has 1 N–H and O–H groups in total. The highest BCUT2D eigenvalue weighted by molar-refractivity contribution is 6.09. The lowest BCUT2D eigenvalue weighted by Crippen LogP contribution is -2.49. The number of ether oxygens (including phenoxy) is 1. The Kier molecular flexibility index (Phi) is 6.74. The summed E-state index contributed by atoms with van der Waals surface area (Å²) in [6, 6.07) is 4.39. The Balaban J connectivity index is 1.88. The number of aromatic nitrogens is 1. The summed E-state index contributed by atoms with van der Waals surface area (Å²) in [5, 5.41) is 10.6. The summed E-state index contributed by atoms with van der Waals surface area (Å²) in [7, 11) is 0. The van der Waals surface area contributed by atoms with Crippen molar-refractivity contribution in [2.24, 2.45) is 5.92 Å². The van der Waals surface area contributed by atoms with Crippen molar-refractivity contribution in [3.63, 3.8) is 0 Å². The van der Waals surface area contributed by atoms with Gasteiger partial charge >= 0.3 is 6.09 Å². The molecule has 1 saturated heterocycles. The number of ketones is 1. The summed E-state index contributed by atoms with van der Waals surface area (Å²) in [5.74, 6) is -1.17. The van der Waals surface area contributed by atoms with Gasteiger partial charge in [0.05, 0.1) is 17.9 Å². The number of aliphatic hydroxyl groups excluding tert-OH is 1. The van der Waals surface area contributed by atoms with Crippen LogP contribution in [0.25, 0.3) is 0 Å². The number of hydrogen-bond donors (Lipinski definition) is 1. The van der Waals surface area contributed by atoms with Crippen LogP contribution in [0.3, 0.4) is 0 Å². The average molecular weight is 415 g/mol. The standard InChI is InChI=1S/C22H29N3O5/c1-4-30-22(29)24-11-8-15(9-12-24)25-19(16-7-5-6-10-23-16)18(20(27)21(25)28)17(26)13-14(2)3/h5-7,10,14-15,19,27H,4,8-9,11-13H2,1-3H3. The van der Waals surface area contributed by atoms with Crippen LogP contribution < -0.4 is 0 Å². The Morgan fingerprint density at radius 1 is 1.27 bits per heavy atom. The minimum absolute atomic E-state index is 0.0964. The van der Waals surface area contributed by atoms with E-state index in [1.54, 1.807) is 41.1 Å². The van der Waals surface area contributed by atoms with E-state index in [0.29, 0.717) is 38.2 Å². The van der Waals surface area contributed by atoms with Crippen LogP contribution in [-0.4, -0.2) is 63.4 Å². The molecule has 2 amide bonds. The quantitative estimate of drug-likeness (QED) is 0.767. The highest BCUT2D eigenvalue weighted by Gasteiger charge is 2.47. The van der Waals surface area contributed by atoms with Gasteiger partial charge in [-0.2, -0.15) is 0 Å². The van der Waals surface area contributed by atoms with Crippen LogP contribution in [0, 0.1) is 5.92 Å². The van der Waals surface area contributed by atoms with Gasteiger partial charge in [0.1, 0.15) is 6.04 Å². The molecule has 8 nitrogen and oxygen atoms in total. The van der Waals surface area contributed by atoms with Crippen molar-refractivity contribution in [3.05, 3.63) is 41.4 Å². The van der Waals surface area contributed by atoms with Gasteiger partial charge in [0, 0.05) is 31.7 Å². The second kappa shape index (κ2) is 9.28. The van der Waals surface area contributed by atoms with Gasteiger partial charge in [0.15, 0.2) is 11.5 Å². The number of carbonyl (C=O) groups excluding carboxylic acids is 3. The number of likely N-dealkylation sites (tertiary alicyclic amines) is 1. The molecule has 0 bridgehead atoms. The number of hydrogen-bond acceptors (Lipinski definition) is 6. The lowest BCUT2D eigenvalue weighted by molar-refractivity contribution is -0.132. The first kappa shape index (κ1) is 21.8. The molecule has 1 aromatic rings. The molecular weight excluding hydrogens is 386 g/mol. The largest absolute Gasteiger partial charge is 0.503 e. The zero-order chi connectivity index (χ0) is 21.8. The van der Waals surface area contributed by atoms with Crippen molar-refractivity contribution in [2.45, 2.75) is 52.1 Å². The van der Waals surface area contributed by atoms with Gasteiger partial charge in [-0.3, -0.25) is 14.6 Å². The molecule has 30 heavy (non-hydrogen) atoms. The molecule has 0 aromatic carbocycles. The van der Waals surface area contributed by atoms with Crippen molar-refractivity contribution >= 4 is 17.8 Å². The zero-order valence-corrected chi connectivity index (χ0v) is 17.7. The molecule has 3 rings (SSSR count). The molecular formula is C22H29N3O5. The Labute approximate surface area is 176 Å². The van der Waals surface area contributed by atoms with E-state index in [1.165, 1.54) is 0 Å². The van der Waals surface area contributed by atoms with Gasteiger partial charge in [-0.05, 0) is 37.8 Å². The smallest absolute Gasteiger partial charge is 0.409 e. The fourth-order valence-corrected chi connectivity index (χ4v) is 4.13. The summed E-state index contributed by atoms with van der Waals surface area (Å²) < 4.78 is 5.06. The predicted octanol–water partition coefficient (Wildman–Crippen LogP) is 3.01. The van der Waals surface area contributed by atoms with Crippen LogP contribution in [0.5, 0.6) is 0 Å². The van der Waals surface area contributed by atoms with E-state index in [4.69, 9.17) is 4.74 Å². The minimum Gasteiger partial charge on any atom is -0.503 e. The molecule has 8 heteroatoms. The third kappa shape index (κ3) is 4.32. The number of Topliss-reactive ketones (excluding diaryl/α,β-unsaturated/α-hetero) is 1. The predicted molar refractivity (Wildman–Crippen MR) is 110 cm³/mol. The second-order valence-electron chi connectivity index (χ2n) is 8.07. The first-order valence-corrected chi connectivity index (χ1v) is 10.5. The molecule has 2 aliphatic rings. The normalized spacial score (nSPS) is 20.3. The monoisotopic (exact) mass is 415 g/mol. The maximum Gasteiger partial charge on any atom is 0.409 e. The fraction of sp³-hybridized carbons (Fsp3) is 0.545. The van der Waals surface area contributed by atoms with Gasteiger partial charge in [0.25, 0.3) is 5.91 Å². The molecule has 1 unspecified atom stereocenters. The molecule has 0 radical (unpaired) electrons. The van der Waals surface area contributed by atoms with Crippen molar-refractivity contribution in [3.8, 4) is 0 Å². The number of amides is 2. The van der Waals surface area contributed by atoms with E-state index in [-0.39, 0.29) is 35.8 Å². The highest BCUT2D eigenvalue weighted by Crippen LogP contribution is 2.41. The number of piperidine rings is 1. The summed E-state index contributed by atoms with van der Waals surface area (Å²) in [6.07, 6.45) is 2.56. The van der Waals surface area contributed by atoms with E-state index in [0.717, 1.165) is 0 Å². The van der Waals surface area contributed by atoms with Crippen LogP contribution >= 0.6 is 0 Å². The number of aliphatic hydroxyl groups is 1. The van der Waals surface area contributed by atoms with E-state index in [9.17, 15) is 19.5 Å². The van der Waals surface area contributed by atoms with Crippen LogP contribution in [0.4, 0.5) is 4.79 Å². The van der Waals surface area contributed by atoms with Gasteiger partial charge in [-0.25, -0.2) is 4.79 Å². The van der Waals surface area contributed by atoms with Crippen LogP contribution in [0.1, 0.15) is 51.8 Å². The third-order valence-electron chi connectivity index (χ3n) is 5.49. The summed E-state index contributed by atoms with van der Waals surface area (Å²) in [5.41, 5.74) is 0.676. The average Bonchev–Trinajstić information content (AvgIpc) is 2.99. The Morgan fingerprint density at radius 2 is 1.97 bits per heavy atom. The lowest BCUT2D eigenvalue weighted by atomic mass is 9.93. The number of nitrogens with zero attached hydrogens (tertiary/aromatic N) is 3. The van der Waals surface area contributed by atoms with Crippen LogP contribution in [0.15, 0.2) is 35.7 Å². The second-order valence-corrected chi connectivity index (χ2v) is 8.07. The van der Waals surface area contributed by atoms with Crippen LogP contribution in [-0.2, 0) is 14.3 Å². The Morgan fingerprint density at radius 3 is 2.53 bits per heavy atom. The Hall–Kier alpha value is -2.90. The van der Waals surface area contributed by atoms with Crippen LogP contribution in [0.2, 0.25) is 0 Å². The molecule has 162 valence electrons. The van der Waals surface area contributed by atoms with E-state index in [1.807, 2.05) is 13.8 Å². The topological polar surface area (TPSA) is 100 Å². The molecule has 1 aromatic heterocycles. The summed E-state index contributed by atoms with van der Waals surface area (Å²) in [4.78, 5) is 45.6. The van der Waals surface area contributed by atoms with Crippen molar-refractivity contribution in [1.29, 1.82) is 0 Å². The first-order valence-electron chi connectivity index (χ1n) is 10.5. The van der Waals surface area contributed by atoms with Gasteiger partial charge in [-0.1, -0.05) is 19.9 Å². The molecule has 1 fully saturated rings. The number of rotatable bonds is 6. The summed E-state index contributed by atoms with van der Waals surface area (Å²) in [6.45, 7) is 6.80. The zero-order valence-electron chi connectivity index (χ0n) is 17.7. The molecule has 2 aliphatic heterocycles. The molecule has 1 atom stereocenters. The number of carbonyl (C=O) groups is 3. The highest BCUT2D eigenvalue weighted by atomic mass is 16.6. The molecule has 3 heterocycles. The minimum atomic E-state index is -0.718. The van der Waals surface area contributed by atoms with Gasteiger partial charge in [0.2, 0.25) is 0 Å². The van der Waals surface area contributed by atoms with Crippen molar-refractivity contribution < 1.29 is 24.2 Å². The lowest BCUT2D eigenvalue weighted by Gasteiger charge is -2.39. The molecule has 0 aliphatic carbocycles. The SMILES string of the molecule is CCOC(=O)N1CCC(N2C(=O)C(O)=C(C(=O)CC(C)C)C2c2ccccn2)CC1. The van der Waals surface area contributed by atoms with Gasteiger partial charge in [-0.15, -0.1) is 0 Å². The molecule has 0 saturated carbocycles. The van der Waals surface area contributed by atoms with Gasteiger partial charge < -0.3 is 19.6 Å². The van der Waals surface area contributed by atoms with E-state index >= 15 is 0 Å². The summed E-state index contributed by atoms with van der Waals surface area (Å²) >= 11 is 0. The van der Waals surface area contributed by atoms with Crippen molar-refractivity contribution in [2.75, 3.05) is 19.7 Å². The number of pyridine rings is 1. The first-order chi connectivity index (χ1) is 14.3. The third-order valence-corrected chi connectivity index (χ3v) is 5.49. The maximum atomic E-state index is 13.0. The van der Waals surface area contributed by atoms with E-state index in [2.05, 4.69) is 4.98 Å². The maximum absolute atomic E-state index is 13.0.